The molecule has 4 rings (SSSR count). The molecule has 0 aromatic heterocycles. The van der Waals surface area contributed by atoms with Crippen molar-refractivity contribution in [1.82, 2.24) is 9.80 Å². The Morgan fingerprint density at radius 1 is 0.885 bits per heavy atom. The van der Waals surface area contributed by atoms with Crippen molar-refractivity contribution in [3.8, 4) is 17.2 Å². The van der Waals surface area contributed by atoms with Gasteiger partial charge in [-0.2, -0.15) is 0 Å². The van der Waals surface area contributed by atoms with E-state index in [0.29, 0.717) is 5.75 Å². The zero-order chi connectivity index (χ0) is 18.1. The summed E-state index contributed by atoms with van der Waals surface area (Å²) in [7, 11) is 5.00. The highest BCUT2D eigenvalue weighted by Crippen LogP contribution is 2.46. The topological polar surface area (TPSA) is 34.2 Å². The molecule has 1 heterocycles. The third-order valence-electron chi connectivity index (χ3n) is 6.71. The summed E-state index contributed by atoms with van der Waals surface area (Å²) in [4.78, 5) is 5.32. The van der Waals surface area contributed by atoms with Gasteiger partial charge in [-0.1, -0.05) is 6.42 Å². The number of rotatable bonds is 6. The predicted octanol–water partition coefficient (Wildman–Crippen LogP) is 3.02. The van der Waals surface area contributed by atoms with Crippen LogP contribution in [0.25, 0.3) is 0 Å². The highest BCUT2D eigenvalue weighted by atomic mass is 16.5. The zero-order valence-corrected chi connectivity index (χ0v) is 16.4. The lowest BCUT2D eigenvalue weighted by Gasteiger charge is -2.41. The fourth-order valence-electron chi connectivity index (χ4n) is 5.40. The van der Waals surface area contributed by atoms with Crippen LogP contribution >= 0.6 is 0 Å². The molecule has 0 unspecified atom stereocenters. The smallest absolute Gasteiger partial charge is 0.203 e. The van der Waals surface area contributed by atoms with Gasteiger partial charge in [-0.05, 0) is 48.8 Å². The average Bonchev–Trinajstić information content (AvgIpc) is 3.31. The van der Waals surface area contributed by atoms with Gasteiger partial charge >= 0.3 is 0 Å². The van der Waals surface area contributed by atoms with E-state index in [9.17, 15) is 0 Å². The molecule has 1 aliphatic heterocycles. The maximum absolute atomic E-state index is 5.49. The number of hydrogen-bond acceptors (Lipinski definition) is 5. The summed E-state index contributed by atoms with van der Waals surface area (Å²) in [5.74, 6) is 4.16. The van der Waals surface area contributed by atoms with Crippen molar-refractivity contribution in [3.05, 3.63) is 17.7 Å². The van der Waals surface area contributed by atoms with Gasteiger partial charge in [0, 0.05) is 38.8 Å². The van der Waals surface area contributed by atoms with Gasteiger partial charge in [0.25, 0.3) is 0 Å². The summed E-state index contributed by atoms with van der Waals surface area (Å²) in [5.41, 5.74) is 1.22. The molecule has 0 N–H and O–H groups in total. The summed E-state index contributed by atoms with van der Waals surface area (Å²) in [5, 5.41) is 0. The van der Waals surface area contributed by atoms with Gasteiger partial charge in [-0.25, -0.2) is 0 Å². The summed E-state index contributed by atoms with van der Waals surface area (Å²) >= 11 is 0. The Balaban J connectivity index is 1.37. The molecule has 3 fully saturated rings. The Bertz CT molecular complexity index is 603. The summed E-state index contributed by atoms with van der Waals surface area (Å²) in [6.45, 7) is 5.63. The Labute approximate surface area is 157 Å². The van der Waals surface area contributed by atoms with Gasteiger partial charge in [0.1, 0.15) is 0 Å². The first-order valence-electron chi connectivity index (χ1n) is 9.97. The summed E-state index contributed by atoms with van der Waals surface area (Å²) in [6, 6.07) is 5.02. The maximum atomic E-state index is 5.49. The molecule has 5 nitrogen and oxygen atoms in total. The Hall–Kier alpha value is -1.46. The fourth-order valence-corrected chi connectivity index (χ4v) is 5.40. The SMILES string of the molecule is COc1cc(CN2CCN([C@@H]3C[C@@H]4CC[C@H]3C4)CC2)cc(OC)c1OC. The van der Waals surface area contributed by atoms with Gasteiger partial charge in [-0.3, -0.25) is 9.80 Å². The zero-order valence-electron chi connectivity index (χ0n) is 16.4. The normalized spacial score (nSPS) is 29.1. The second-order valence-corrected chi connectivity index (χ2v) is 8.09. The first-order chi connectivity index (χ1) is 12.7. The minimum absolute atomic E-state index is 0.667. The van der Waals surface area contributed by atoms with Gasteiger partial charge in [0.2, 0.25) is 5.75 Å². The van der Waals surface area contributed by atoms with E-state index >= 15 is 0 Å². The van der Waals surface area contributed by atoms with Crippen molar-refractivity contribution in [1.29, 1.82) is 0 Å². The van der Waals surface area contributed by atoms with Crippen LogP contribution in [0, 0.1) is 11.8 Å². The lowest BCUT2D eigenvalue weighted by Crippen LogP contribution is -2.51. The molecule has 2 saturated carbocycles. The molecule has 1 saturated heterocycles. The van der Waals surface area contributed by atoms with E-state index in [1.807, 2.05) is 0 Å². The molecule has 144 valence electrons. The predicted molar refractivity (Wildman–Crippen MR) is 102 cm³/mol. The third-order valence-corrected chi connectivity index (χ3v) is 6.71. The molecule has 3 atom stereocenters. The molecule has 1 aromatic carbocycles. The summed E-state index contributed by atoms with van der Waals surface area (Å²) < 4.78 is 16.4. The van der Waals surface area contributed by atoms with Crippen molar-refractivity contribution in [3.63, 3.8) is 0 Å². The molecule has 1 aromatic rings. The highest BCUT2D eigenvalue weighted by molar-refractivity contribution is 5.53. The van der Waals surface area contributed by atoms with Crippen molar-refractivity contribution in [2.75, 3.05) is 47.5 Å². The van der Waals surface area contributed by atoms with E-state index in [1.165, 1.54) is 44.3 Å². The molecule has 26 heavy (non-hydrogen) atoms. The van der Waals surface area contributed by atoms with Crippen LogP contribution in [0.2, 0.25) is 0 Å². The van der Waals surface area contributed by atoms with E-state index in [2.05, 4.69) is 21.9 Å². The number of methoxy groups -OCH3 is 3. The van der Waals surface area contributed by atoms with E-state index in [1.54, 1.807) is 21.3 Å². The number of ether oxygens (including phenoxy) is 3. The number of fused-ring (bicyclic) bond motifs is 2. The van der Waals surface area contributed by atoms with Gasteiger partial charge in [0.15, 0.2) is 11.5 Å². The highest BCUT2D eigenvalue weighted by Gasteiger charge is 2.42. The quantitative estimate of drug-likeness (QED) is 0.779. The van der Waals surface area contributed by atoms with Crippen LogP contribution < -0.4 is 14.2 Å². The first-order valence-corrected chi connectivity index (χ1v) is 9.97. The van der Waals surface area contributed by atoms with Gasteiger partial charge < -0.3 is 14.2 Å². The van der Waals surface area contributed by atoms with Crippen molar-refractivity contribution in [2.45, 2.75) is 38.3 Å². The van der Waals surface area contributed by atoms with E-state index in [0.717, 1.165) is 49.0 Å². The molecule has 0 radical (unpaired) electrons. The summed E-state index contributed by atoms with van der Waals surface area (Å²) in [6.07, 6.45) is 5.91. The number of nitrogens with zero attached hydrogens (tertiary/aromatic N) is 2. The average molecular weight is 360 g/mol. The van der Waals surface area contributed by atoms with Gasteiger partial charge in [-0.15, -0.1) is 0 Å². The van der Waals surface area contributed by atoms with E-state index < -0.39 is 0 Å². The second-order valence-electron chi connectivity index (χ2n) is 8.09. The molecule has 5 heteroatoms. The Morgan fingerprint density at radius 2 is 1.58 bits per heavy atom. The maximum Gasteiger partial charge on any atom is 0.203 e. The standard InChI is InChI=1S/C21H32N2O3/c1-24-19-12-16(13-20(25-2)21(19)26-3)14-22-6-8-23(9-7-22)18-11-15-4-5-17(18)10-15/h12-13,15,17-18H,4-11,14H2,1-3H3/t15-,17+,18-/m1/s1. The number of piperazine rings is 1. The third kappa shape index (κ3) is 3.39. The molecular weight excluding hydrogens is 328 g/mol. The van der Waals surface area contributed by atoms with Crippen molar-refractivity contribution < 1.29 is 14.2 Å². The largest absolute Gasteiger partial charge is 0.493 e. The minimum atomic E-state index is 0.667. The lowest BCUT2D eigenvalue weighted by molar-refractivity contribution is 0.0679. The van der Waals surface area contributed by atoms with Crippen LogP contribution in [-0.2, 0) is 6.54 Å². The Kier molecular flexibility index (Phi) is 5.28. The molecular formula is C21H32N2O3. The second kappa shape index (κ2) is 7.65. The van der Waals surface area contributed by atoms with Crippen LogP contribution in [-0.4, -0.2) is 63.4 Å². The number of benzene rings is 1. The van der Waals surface area contributed by atoms with Crippen molar-refractivity contribution in [2.24, 2.45) is 11.8 Å². The van der Waals surface area contributed by atoms with Crippen molar-refractivity contribution >= 4 is 0 Å². The Morgan fingerprint density at radius 3 is 2.08 bits per heavy atom. The molecule has 2 aliphatic carbocycles. The van der Waals surface area contributed by atoms with E-state index in [4.69, 9.17) is 14.2 Å². The lowest BCUT2D eigenvalue weighted by atomic mass is 9.93. The molecule has 0 amide bonds. The first kappa shape index (κ1) is 17.9. The van der Waals surface area contributed by atoms with Crippen LogP contribution in [0.3, 0.4) is 0 Å². The van der Waals surface area contributed by atoms with E-state index in [-0.39, 0.29) is 0 Å². The monoisotopic (exact) mass is 360 g/mol. The van der Waals surface area contributed by atoms with Crippen LogP contribution in [0.1, 0.15) is 31.2 Å². The van der Waals surface area contributed by atoms with Gasteiger partial charge in [0.05, 0.1) is 21.3 Å². The molecule has 3 aliphatic rings. The number of hydrogen-bond donors (Lipinski definition) is 0. The van der Waals surface area contributed by atoms with Crippen LogP contribution in [0.15, 0.2) is 12.1 Å². The van der Waals surface area contributed by atoms with Crippen LogP contribution in [0.4, 0.5) is 0 Å². The minimum Gasteiger partial charge on any atom is -0.493 e. The molecule has 0 spiro atoms. The molecule has 2 bridgehead atoms. The van der Waals surface area contributed by atoms with Crippen LogP contribution in [0.5, 0.6) is 17.2 Å². The fraction of sp³-hybridized carbons (Fsp3) is 0.714.